The number of hydrogen-bond acceptors (Lipinski definition) is 11. The van der Waals surface area contributed by atoms with Crippen LogP contribution >= 0.6 is 35.3 Å². The number of aromatic nitrogens is 4. The Labute approximate surface area is 230 Å². The van der Waals surface area contributed by atoms with Gasteiger partial charge < -0.3 is 24.8 Å². The van der Waals surface area contributed by atoms with Crippen molar-refractivity contribution in [3.05, 3.63) is 40.3 Å². The largest absolute Gasteiger partial charge is 0.468 e. The van der Waals surface area contributed by atoms with E-state index in [-0.39, 0.29) is 34.4 Å². The third-order valence-electron chi connectivity index (χ3n) is 5.68. The number of methoxy groups -OCH3 is 1. The van der Waals surface area contributed by atoms with Crippen LogP contribution in [0.2, 0.25) is 5.28 Å². The van der Waals surface area contributed by atoms with Crippen LogP contribution in [0.15, 0.2) is 35.1 Å². The average molecular weight is 630 g/mol. The van der Waals surface area contributed by atoms with Gasteiger partial charge in [-0.3, -0.25) is 13.9 Å². The molecule has 13 nitrogen and oxygen atoms in total. The second-order valence-electron chi connectivity index (χ2n) is 8.25. The molecule has 5 atom stereocenters. The van der Waals surface area contributed by atoms with Crippen molar-refractivity contribution >= 4 is 58.2 Å². The topological polar surface area (TPSA) is 173 Å². The molecule has 3 aromatic rings. The number of nitrogens with zero attached hydrogens (tertiary/aromatic N) is 4. The molecule has 202 valence electrons. The fraction of sp³-hybridized carbons (Fsp3) is 0.364. The molecular formula is C22H23BrClN6O7P. The van der Waals surface area contributed by atoms with E-state index in [4.69, 9.17) is 42.3 Å². The molecule has 1 aliphatic heterocycles. The lowest BCUT2D eigenvalue weighted by molar-refractivity contribution is -0.142. The van der Waals surface area contributed by atoms with Crippen LogP contribution in [0, 0.1) is 12.3 Å². The number of carbonyl (C=O) groups excluding carboxylic acids is 1. The first kappa shape index (κ1) is 28.3. The number of imidazole rings is 1. The van der Waals surface area contributed by atoms with Crippen LogP contribution in [0.3, 0.4) is 0 Å². The molecule has 0 bridgehead atoms. The van der Waals surface area contributed by atoms with E-state index >= 15 is 0 Å². The number of terminal acetylenes is 1. The number of fused-ring (bicyclic) bond motifs is 1. The van der Waals surface area contributed by atoms with E-state index in [1.807, 2.05) is 0 Å². The average Bonchev–Trinajstić information content (AvgIpc) is 3.45. The minimum atomic E-state index is -4.27. The number of aliphatic hydroxyl groups is 1. The fourth-order valence-electron chi connectivity index (χ4n) is 3.72. The van der Waals surface area contributed by atoms with Gasteiger partial charge in [0, 0.05) is 10.9 Å². The summed E-state index contributed by atoms with van der Waals surface area (Å²) in [7, 11) is -3.09. The summed E-state index contributed by atoms with van der Waals surface area (Å²) in [6, 6.07) is 5.35. The molecule has 1 saturated heterocycles. The number of hydrogen-bond donors (Lipinski definition) is 3. The summed E-state index contributed by atoms with van der Waals surface area (Å²) in [4.78, 5) is 24.2. The smallest absolute Gasteiger partial charge is 0.459 e. The summed E-state index contributed by atoms with van der Waals surface area (Å²) in [6.45, 7) is 0.851. The number of nitrogens with two attached hydrogens (primary N) is 1. The summed E-state index contributed by atoms with van der Waals surface area (Å²) in [5.41, 5.74) is 4.68. The van der Waals surface area contributed by atoms with E-state index in [1.165, 1.54) is 24.9 Å². The molecule has 3 heterocycles. The summed E-state index contributed by atoms with van der Waals surface area (Å²) < 4.78 is 38.0. The number of rotatable bonds is 9. The lowest BCUT2D eigenvalue weighted by Crippen LogP contribution is -2.43. The number of nitrogens with one attached hydrogen (secondary N) is 1. The molecule has 16 heteroatoms. The van der Waals surface area contributed by atoms with Gasteiger partial charge in [-0.05, 0) is 42.8 Å². The molecule has 1 aromatic carbocycles. The van der Waals surface area contributed by atoms with Crippen molar-refractivity contribution in [3.63, 3.8) is 0 Å². The maximum atomic E-state index is 13.7. The number of esters is 1. The van der Waals surface area contributed by atoms with E-state index in [0.29, 0.717) is 0 Å². The van der Waals surface area contributed by atoms with Crippen LogP contribution in [0.5, 0.6) is 5.75 Å². The van der Waals surface area contributed by atoms with Crippen LogP contribution in [-0.2, 0) is 23.4 Å². The van der Waals surface area contributed by atoms with Gasteiger partial charge in [0.15, 0.2) is 17.1 Å². The van der Waals surface area contributed by atoms with Gasteiger partial charge in [-0.1, -0.05) is 21.9 Å². The van der Waals surface area contributed by atoms with E-state index in [2.05, 4.69) is 41.9 Å². The number of carbonyl (C=O) groups is 1. The van der Waals surface area contributed by atoms with Gasteiger partial charge in [0.2, 0.25) is 5.28 Å². The van der Waals surface area contributed by atoms with Crippen LogP contribution < -0.4 is 15.3 Å². The first-order chi connectivity index (χ1) is 18.0. The van der Waals surface area contributed by atoms with Crippen molar-refractivity contribution in [1.29, 1.82) is 0 Å². The highest BCUT2D eigenvalue weighted by molar-refractivity contribution is 9.10. The highest BCUT2D eigenvalue weighted by atomic mass is 79.9. The number of aliphatic hydroxyl groups excluding tert-OH is 1. The third kappa shape index (κ3) is 5.79. The van der Waals surface area contributed by atoms with Crippen molar-refractivity contribution in [3.8, 4) is 18.1 Å². The molecule has 38 heavy (non-hydrogen) atoms. The molecule has 1 fully saturated rings. The molecule has 0 saturated carbocycles. The zero-order valence-corrected chi connectivity index (χ0v) is 23.3. The molecule has 1 unspecified atom stereocenters. The monoisotopic (exact) mass is 628 g/mol. The Morgan fingerprint density at radius 1 is 1.47 bits per heavy atom. The number of nitrogen functional groups attached to an aromatic ring is 1. The summed E-state index contributed by atoms with van der Waals surface area (Å²) >= 11 is 9.26. The molecule has 0 aliphatic carbocycles. The van der Waals surface area contributed by atoms with Gasteiger partial charge in [0.05, 0.1) is 13.4 Å². The Bertz CT molecular complexity index is 1430. The number of anilines is 1. The van der Waals surface area contributed by atoms with Crippen LogP contribution in [-0.4, -0.2) is 62.1 Å². The molecule has 0 radical (unpaired) electrons. The lowest BCUT2D eigenvalue weighted by atomic mass is 9.99. The van der Waals surface area contributed by atoms with E-state index in [1.54, 1.807) is 24.3 Å². The van der Waals surface area contributed by atoms with Gasteiger partial charge >= 0.3 is 13.7 Å². The quantitative estimate of drug-likeness (QED) is 0.137. The SMILES string of the molecule is C#C[C@]1(COP(=O)(N[C@@H](C)C(=O)OC)Oc2ccc(Br)cc2)O[C@@H](n2cnc3c(N)nc(Cl)nc32)C[C@@H]1O. The van der Waals surface area contributed by atoms with E-state index in [9.17, 15) is 14.5 Å². The van der Waals surface area contributed by atoms with Gasteiger partial charge in [-0.2, -0.15) is 15.1 Å². The Morgan fingerprint density at radius 3 is 2.84 bits per heavy atom. The fourth-order valence-corrected chi connectivity index (χ4v) is 5.67. The summed E-state index contributed by atoms with van der Waals surface area (Å²) in [6.07, 6.45) is 5.06. The second kappa shape index (κ2) is 11.2. The minimum absolute atomic E-state index is 0.00437. The van der Waals surface area contributed by atoms with Crippen LogP contribution in [0.1, 0.15) is 19.6 Å². The van der Waals surface area contributed by atoms with Crippen molar-refractivity contribution < 1.29 is 33.0 Å². The predicted octanol–water partition coefficient (Wildman–Crippen LogP) is 2.83. The highest BCUT2D eigenvalue weighted by Gasteiger charge is 2.50. The van der Waals surface area contributed by atoms with Gasteiger partial charge in [-0.25, -0.2) is 9.55 Å². The molecule has 4 N–H and O–H groups in total. The van der Waals surface area contributed by atoms with Crippen molar-refractivity contribution in [2.45, 2.75) is 37.3 Å². The molecular weight excluding hydrogens is 607 g/mol. The lowest BCUT2D eigenvalue weighted by Gasteiger charge is -2.29. The van der Waals surface area contributed by atoms with Crippen LogP contribution in [0.25, 0.3) is 11.2 Å². The maximum absolute atomic E-state index is 13.7. The minimum Gasteiger partial charge on any atom is -0.468 e. The van der Waals surface area contributed by atoms with Gasteiger partial charge in [0.25, 0.3) is 0 Å². The van der Waals surface area contributed by atoms with E-state index < -0.39 is 44.3 Å². The Morgan fingerprint density at radius 2 is 2.18 bits per heavy atom. The summed E-state index contributed by atoms with van der Waals surface area (Å²) in [5.74, 6) is 1.95. The Balaban J connectivity index is 1.58. The number of benzene rings is 1. The van der Waals surface area contributed by atoms with Crippen molar-refractivity contribution in [1.82, 2.24) is 24.6 Å². The zero-order chi connectivity index (χ0) is 27.7. The molecule has 0 spiro atoms. The first-order valence-electron chi connectivity index (χ1n) is 11.0. The normalized spacial score (nSPS) is 23.5. The van der Waals surface area contributed by atoms with Crippen LogP contribution in [0.4, 0.5) is 5.82 Å². The molecule has 4 rings (SSSR count). The Hall–Kier alpha value is -2.76. The number of ether oxygens (including phenoxy) is 2. The Kier molecular flexibility index (Phi) is 8.29. The highest BCUT2D eigenvalue weighted by Crippen LogP contribution is 2.48. The first-order valence-corrected chi connectivity index (χ1v) is 13.7. The van der Waals surface area contributed by atoms with Crippen molar-refractivity contribution in [2.24, 2.45) is 0 Å². The molecule has 0 amide bonds. The maximum Gasteiger partial charge on any atom is 0.459 e. The van der Waals surface area contributed by atoms with E-state index in [0.717, 1.165) is 4.47 Å². The molecule has 2 aromatic heterocycles. The standard InChI is InChI=1S/C22H23BrClN6O7P/c1-4-22(15(31)9-16(36-22)30-11-26-17-18(25)27-21(24)28-19(17)30)10-35-38(33,29-12(2)20(32)34-3)37-14-7-5-13(23)6-8-14/h1,5-8,11-12,15-16,31H,9-10H2,2-3H3,(H,29,33)(H2,25,27,28)/t12-,15-,16+,22+,38?/m0/s1. The molecule has 1 aliphatic rings. The van der Waals surface area contributed by atoms with Gasteiger partial charge in [-0.15, -0.1) is 6.42 Å². The summed E-state index contributed by atoms with van der Waals surface area (Å²) in [5, 5.41) is 13.3. The number of halogens is 2. The zero-order valence-electron chi connectivity index (χ0n) is 20.1. The predicted molar refractivity (Wildman–Crippen MR) is 140 cm³/mol. The second-order valence-corrected chi connectivity index (χ2v) is 11.2. The van der Waals surface area contributed by atoms with Crippen molar-refractivity contribution in [2.75, 3.05) is 19.5 Å². The van der Waals surface area contributed by atoms with Gasteiger partial charge in [0.1, 0.15) is 36.2 Å². The third-order valence-corrected chi connectivity index (χ3v) is 8.00.